The summed E-state index contributed by atoms with van der Waals surface area (Å²) in [5.74, 6) is 0.667. The van der Waals surface area contributed by atoms with Gasteiger partial charge >= 0.3 is 0 Å². The molecule has 0 spiro atoms. The van der Waals surface area contributed by atoms with Gasteiger partial charge in [0.1, 0.15) is 18.5 Å². The van der Waals surface area contributed by atoms with E-state index in [4.69, 9.17) is 9.84 Å². The minimum Gasteiger partial charge on any atom is -0.491 e. The zero-order chi connectivity index (χ0) is 12.7. The third-order valence-electron chi connectivity index (χ3n) is 2.29. The van der Waals surface area contributed by atoms with E-state index in [0.717, 1.165) is 5.56 Å². The predicted molar refractivity (Wildman–Crippen MR) is 67.0 cm³/mol. The van der Waals surface area contributed by atoms with Crippen molar-refractivity contribution >= 4 is 0 Å². The molecule has 0 aliphatic heterocycles. The Labute approximate surface area is 102 Å². The first kappa shape index (κ1) is 14.0. The van der Waals surface area contributed by atoms with E-state index in [1.807, 2.05) is 32.0 Å². The molecule has 0 amide bonds. The van der Waals surface area contributed by atoms with Gasteiger partial charge in [-0.1, -0.05) is 26.0 Å². The molecule has 96 valence electrons. The van der Waals surface area contributed by atoms with Crippen LogP contribution in [-0.2, 0) is 6.61 Å². The van der Waals surface area contributed by atoms with Crippen molar-refractivity contribution in [2.75, 3.05) is 13.2 Å². The lowest BCUT2D eigenvalue weighted by atomic mass is 10.2. The van der Waals surface area contributed by atoms with Gasteiger partial charge in [0.15, 0.2) is 0 Å². The van der Waals surface area contributed by atoms with E-state index in [-0.39, 0.29) is 13.2 Å². The normalized spacial score (nSPS) is 12.8. The van der Waals surface area contributed by atoms with Crippen molar-refractivity contribution in [2.45, 2.75) is 32.6 Å². The lowest BCUT2D eigenvalue weighted by Crippen LogP contribution is -2.35. The molecule has 1 aromatic rings. The molecule has 0 fully saturated rings. The molecule has 0 aliphatic rings. The van der Waals surface area contributed by atoms with E-state index < -0.39 is 6.10 Å². The summed E-state index contributed by atoms with van der Waals surface area (Å²) in [5.41, 5.74) is 0.803. The SMILES string of the molecule is CC(C)NCC(O)COc1cccc(CO)c1. The molecular weight excluding hydrogens is 218 g/mol. The molecule has 1 atom stereocenters. The summed E-state index contributed by atoms with van der Waals surface area (Å²) in [6, 6.07) is 7.57. The Morgan fingerprint density at radius 3 is 2.76 bits per heavy atom. The molecule has 1 rings (SSSR count). The third-order valence-corrected chi connectivity index (χ3v) is 2.29. The fourth-order valence-electron chi connectivity index (χ4n) is 1.36. The molecule has 0 saturated heterocycles. The number of hydrogen-bond acceptors (Lipinski definition) is 4. The molecule has 0 radical (unpaired) electrons. The number of ether oxygens (including phenoxy) is 1. The van der Waals surface area contributed by atoms with Gasteiger partial charge in [-0.25, -0.2) is 0 Å². The number of hydrogen-bond donors (Lipinski definition) is 3. The molecular formula is C13H21NO3. The second-order valence-corrected chi connectivity index (χ2v) is 4.33. The van der Waals surface area contributed by atoms with Crippen LogP contribution in [0.4, 0.5) is 0 Å². The zero-order valence-corrected chi connectivity index (χ0v) is 10.4. The Morgan fingerprint density at radius 1 is 1.35 bits per heavy atom. The molecule has 17 heavy (non-hydrogen) atoms. The topological polar surface area (TPSA) is 61.7 Å². The van der Waals surface area contributed by atoms with E-state index >= 15 is 0 Å². The molecule has 1 aromatic carbocycles. The van der Waals surface area contributed by atoms with Gasteiger partial charge in [0, 0.05) is 12.6 Å². The fraction of sp³-hybridized carbons (Fsp3) is 0.538. The van der Waals surface area contributed by atoms with Crippen molar-refractivity contribution in [1.29, 1.82) is 0 Å². The lowest BCUT2D eigenvalue weighted by molar-refractivity contribution is 0.104. The molecule has 0 saturated carbocycles. The maximum Gasteiger partial charge on any atom is 0.119 e. The molecule has 4 heteroatoms. The molecule has 0 bridgehead atoms. The number of aliphatic hydroxyl groups excluding tert-OH is 2. The first-order chi connectivity index (χ1) is 8.11. The number of rotatable bonds is 7. The number of nitrogens with one attached hydrogen (secondary N) is 1. The number of aliphatic hydroxyl groups is 2. The summed E-state index contributed by atoms with van der Waals surface area (Å²) >= 11 is 0. The van der Waals surface area contributed by atoms with Crippen molar-refractivity contribution in [3.05, 3.63) is 29.8 Å². The standard InChI is InChI=1S/C13H21NO3/c1-10(2)14-7-12(16)9-17-13-5-3-4-11(6-13)8-15/h3-6,10,12,14-16H,7-9H2,1-2H3. The first-order valence-corrected chi connectivity index (χ1v) is 5.86. The highest BCUT2D eigenvalue weighted by molar-refractivity contribution is 5.27. The molecule has 0 aromatic heterocycles. The lowest BCUT2D eigenvalue weighted by Gasteiger charge is -2.15. The summed E-state index contributed by atoms with van der Waals surface area (Å²) in [6.07, 6.45) is -0.532. The van der Waals surface area contributed by atoms with Crippen LogP contribution in [-0.4, -0.2) is 35.5 Å². The van der Waals surface area contributed by atoms with Crippen molar-refractivity contribution in [3.63, 3.8) is 0 Å². The fourth-order valence-corrected chi connectivity index (χ4v) is 1.36. The van der Waals surface area contributed by atoms with Gasteiger partial charge in [0.25, 0.3) is 0 Å². The average Bonchev–Trinajstić information content (AvgIpc) is 2.34. The van der Waals surface area contributed by atoms with Crippen molar-refractivity contribution < 1.29 is 14.9 Å². The summed E-state index contributed by atoms with van der Waals surface area (Å²) in [6.45, 7) is 4.80. The van der Waals surface area contributed by atoms with Gasteiger partial charge < -0.3 is 20.3 Å². The second kappa shape index (κ2) is 7.27. The summed E-state index contributed by atoms with van der Waals surface area (Å²) in [7, 11) is 0. The van der Waals surface area contributed by atoms with Crippen LogP contribution in [0, 0.1) is 0 Å². The third kappa shape index (κ3) is 5.68. The highest BCUT2D eigenvalue weighted by Gasteiger charge is 2.06. The van der Waals surface area contributed by atoms with Gasteiger partial charge in [-0.15, -0.1) is 0 Å². The van der Waals surface area contributed by atoms with Gasteiger partial charge in [-0.3, -0.25) is 0 Å². The van der Waals surface area contributed by atoms with Crippen LogP contribution < -0.4 is 10.1 Å². The van der Waals surface area contributed by atoms with E-state index in [1.165, 1.54) is 0 Å². The summed E-state index contributed by atoms with van der Waals surface area (Å²) in [5, 5.41) is 21.8. The molecule has 0 heterocycles. The summed E-state index contributed by atoms with van der Waals surface area (Å²) in [4.78, 5) is 0. The molecule has 3 N–H and O–H groups in total. The minimum atomic E-state index is -0.532. The maximum atomic E-state index is 9.65. The Balaban J connectivity index is 2.33. The molecule has 1 unspecified atom stereocenters. The minimum absolute atomic E-state index is 0.00530. The van der Waals surface area contributed by atoms with Crippen LogP contribution >= 0.6 is 0 Å². The Morgan fingerprint density at radius 2 is 2.12 bits per heavy atom. The van der Waals surface area contributed by atoms with Gasteiger partial charge in [-0.2, -0.15) is 0 Å². The second-order valence-electron chi connectivity index (χ2n) is 4.33. The Hall–Kier alpha value is -1.10. The highest BCUT2D eigenvalue weighted by atomic mass is 16.5. The van der Waals surface area contributed by atoms with Gasteiger partial charge in [0.2, 0.25) is 0 Å². The van der Waals surface area contributed by atoms with Crippen LogP contribution in [0.15, 0.2) is 24.3 Å². The van der Waals surface area contributed by atoms with Gasteiger partial charge in [0.05, 0.1) is 6.61 Å². The van der Waals surface area contributed by atoms with Crippen molar-refractivity contribution in [3.8, 4) is 5.75 Å². The van der Waals surface area contributed by atoms with Crippen molar-refractivity contribution in [2.24, 2.45) is 0 Å². The molecule has 4 nitrogen and oxygen atoms in total. The van der Waals surface area contributed by atoms with E-state index in [9.17, 15) is 5.11 Å². The zero-order valence-electron chi connectivity index (χ0n) is 10.4. The van der Waals surface area contributed by atoms with Crippen molar-refractivity contribution in [1.82, 2.24) is 5.32 Å². The predicted octanol–water partition coefficient (Wildman–Crippen LogP) is 0.917. The molecule has 0 aliphatic carbocycles. The van der Waals surface area contributed by atoms with Crippen LogP contribution in [0.25, 0.3) is 0 Å². The average molecular weight is 239 g/mol. The first-order valence-electron chi connectivity index (χ1n) is 5.86. The van der Waals surface area contributed by atoms with Crippen LogP contribution in [0.1, 0.15) is 19.4 Å². The Kier molecular flexibility index (Phi) is 5.97. The smallest absolute Gasteiger partial charge is 0.119 e. The maximum absolute atomic E-state index is 9.65. The highest BCUT2D eigenvalue weighted by Crippen LogP contribution is 2.13. The van der Waals surface area contributed by atoms with E-state index in [0.29, 0.717) is 18.3 Å². The largest absolute Gasteiger partial charge is 0.491 e. The van der Waals surface area contributed by atoms with Crippen LogP contribution in [0.5, 0.6) is 5.75 Å². The quantitative estimate of drug-likeness (QED) is 0.662. The van der Waals surface area contributed by atoms with Crippen LogP contribution in [0.3, 0.4) is 0 Å². The summed E-state index contributed by atoms with van der Waals surface area (Å²) < 4.78 is 5.44. The Bertz CT molecular complexity index is 328. The monoisotopic (exact) mass is 239 g/mol. The van der Waals surface area contributed by atoms with Gasteiger partial charge in [-0.05, 0) is 17.7 Å². The van der Waals surface area contributed by atoms with E-state index in [1.54, 1.807) is 6.07 Å². The van der Waals surface area contributed by atoms with Crippen LogP contribution in [0.2, 0.25) is 0 Å². The number of benzene rings is 1. The van der Waals surface area contributed by atoms with E-state index in [2.05, 4.69) is 5.32 Å².